The average Bonchev–Trinajstić information content (AvgIpc) is 2.46. The molecule has 2 unspecified atom stereocenters. The molecule has 0 saturated carbocycles. The number of fused-ring (bicyclic) bond motifs is 1. The van der Waals surface area contributed by atoms with Gasteiger partial charge in [0.25, 0.3) is 12.2 Å². The van der Waals surface area contributed by atoms with E-state index in [1.54, 1.807) is 7.11 Å². The maximum absolute atomic E-state index is 5.46. The maximum atomic E-state index is 5.46. The fourth-order valence-electron chi connectivity index (χ4n) is 1.59. The van der Waals surface area contributed by atoms with Crippen molar-refractivity contribution in [3.05, 3.63) is 0 Å². The monoisotopic (exact) mass is 171 g/mol. The standard InChI is InChI=1S/C8H14N2O2/c1-6-3-10-4-7(11-2)9-8(10)12-5-6/h6-7H,3-5H2,1-2H3/p+1. The van der Waals surface area contributed by atoms with E-state index >= 15 is 0 Å². The first-order chi connectivity index (χ1) is 5.79. The summed E-state index contributed by atoms with van der Waals surface area (Å²) in [5.74, 6) is 0.611. The van der Waals surface area contributed by atoms with Crippen LogP contribution in [-0.4, -0.2) is 48.7 Å². The molecule has 2 rings (SSSR count). The van der Waals surface area contributed by atoms with Gasteiger partial charge in [-0.05, 0) is 0 Å². The highest BCUT2D eigenvalue weighted by Gasteiger charge is 2.33. The van der Waals surface area contributed by atoms with Crippen LogP contribution in [-0.2, 0) is 4.74 Å². The molecule has 1 fully saturated rings. The highest BCUT2D eigenvalue weighted by atomic mass is 16.5. The van der Waals surface area contributed by atoms with Crippen LogP contribution in [0.25, 0.3) is 0 Å². The third-order valence-electron chi connectivity index (χ3n) is 2.24. The summed E-state index contributed by atoms with van der Waals surface area (Å²) in [6.45, 7) is 4.94. The molecule has 2 aliphatic rings. The normalized spacial score (nSPS) is 34.2. The van der Waals surface area contributed by atoms with Crippen molar-refractivity contribution in [3.8, 4) is 0 Å². The lowest BCUT2D eigenvalue weighted by molar-refractivity contribution is -0.0556. The van der Waals surface area contributed by atoms with Crippen LogP contribution in [0.15, 0.2) is 4.99 Å². The predicted molar refractivity (Wildman–Crippen MR) is 46.1 cm³/mol. The molecule has 0 aromatic carbocycles. The van der Waals surface area contributed by atoms with Crippen LogP contribution in [0.3, 0.4) is 0 Å². The first kappa shape index (κ1) is 7.86. The molecule has 1 N–H and O–H groups in total. The molecule has 4 nitrogen and oxygen atoms in total. The molecule has 0 amide bonds. The Morgan fingerprint density at radius 2 is 2.42 bits per heavy atom. The molecule has 68 valence electrons. The van der Waals surface area contributed by atoms with Gasteiger partial charge in [-0.3, -0.25) is 0 Å². The van der Waals surface area contributed by atoms with E-state index in [4.69, 9.17) is 4.74 Å². The van der Waals surface area contributed by atoms with Crippen LogP contribution >= 0.6 is 0 Å². The second-order valence-corrected chi connectivity index (χ2v) is 3.47. The van der Waals surface area contributed by atoms with Crippen molar-refractivity contribution < 1.29 is 9.47 Å². The number of nitrogens with zero attached hydrogens (tertiary/aromatic N) is 2. The first-order valence-electron chi connectivity index (χ1n) is 4.34. The number of aliphatic imine (C=N–C) groups is 1. The van der Waals surface area contributed by atoms with E-state index < -0.39 is 0 Å². The summed E-state index contributed by atoms with van der Waals surface area (Å²) >= 11 is 0. The van der Waals surface area contributed by atoms with Crippen LogP contribution in [0.4, 0.5) is 0 Å². The van der Waals surface area contributed by atoms with Gasteiger partial charge in [-0.15, -0.1) is 0 Å². The Morgan fingerprint density at radius 1 is 1.58 bits per heavy atom. The summed E-state index contributed by atoms with van der Waals surface area (Å²) in [5, 5.41) is 0. The third kappa shape index (κ3) is 1.27. The summed E-state index contributed by atoms with van der Waals surface area (Å²) in [6, 6.07) is 0.795. The van der Waals surface area contributed by atoms with Gasteiger partial charge in [0.1, 0.15) is 13.7 Å². The zero-order valence-corrected chi connectivity index (χ0v) is 7.53. The fourth-order valence-corrected chi connectivity index (χ4v) is 1.59. The van der Waals surface area contributed by atoms with E-state index in [1.165, 1.54) is 0 Å². The molecular formula is C8H15N2O2+. The third-order valence-corrected chi connectivity index (χ3v) is 2.24. The van der Waals surface area contributed by atoms with Gasteiger partial charge in [0.2, 0.25) is 0 Å². The molecule has 1 saturated heterocycles. The summed E-state index contributed by atoms with van der Waals surface area (Å²) < 4.78 is 9.59. The van der Waals surface area contributed by atoms with Crippen molar-refractivity contribution >= 4 is 6.02 Å². The Bertz CT molecular complexity index is 205. The van der Waals surface area contributed by atoms with Crippen molar-refractivity contribution in [3.63, 3.8) is 0 Å². The molecular weight excluding hydrogens is 156 g/mol. The molecule has 0 aromatic heterocycles. The number of hydrogen-bond donors (Lipinski definition) is 0. The van der Waals surface area contributed by atoms with Gasteiger partial charge in [-0.1, -0.05) is 6.92 Å². The lowest BCUT2D eigenvalue weighted by atomic mass is 10.2. The molecule has 0 spiro atoms. The molecule has 0 aromatic rings. The second-order valence-electron chi connectivity index (χ2n) is 3.47. The molecule has 0 bridgehead atoms. The van der Waals surface area contributed by atoms with Gasteiger partial charge in [0.15, 0.2) is 0 Å². The maximum Gasteiger partial charge on any atom is 0.294 e. The zero-order chi connectivity index (χ0) is 8.55. The molecule has 2 atom stereocenters. The topological polar surface area (TPSA) is 37.6 Å². The van der Waals surface area contributed by atoms with Crippen LogP contribution < -0.4 is 0 Å². The van der Waals surface area contributed by atoms with Crippen molar-refractivity contribution in [1.29, 1.82) is 0 Å². The van der Waals surface area contributed by atoms with Gasteiger partial charge in [-0.25, -0.2) is 0 Å². The average molecular weight is 171 g/mol. The second kappa shape index (κ2) is 2.94. The van der Waals surface area contributed by atoms with Crippen molar-refractivity contribution in [1.82, 2.24) is 4.90 Å². The number of rotatable bonds is 1. The summed E-state index contributed by atoms with van der Waals surface area (Å²) in [7, 11) is 1.80. The highest BCUT2D eigenvalue weighted by molar-refractivity contribution is 5.76. The minimum absolute atomic E-state index is 0.102. The number of amidine groups is 1. The molecule has 4 heteroatoms. The molecule has 0 aliphatic carbocycles. The SMILES string of the molecule is C[OH+]C1CN2CC(C)COC2=N1. The van der Waals surface area contributed by atoms with Crippen molar-refractivity contribution in [2.75, 3.05) is 26.8 Å². The summed E-state index contributed by atoms with van der Waals surface area (Å²) in [6.07, 6.45) is 0.102. The van der Waals surface area contributed by atoms with E-state index in [0.29, 0.717) is 5.92 Å². The van der Waals surface area contributed by atoms with Crippen LogP contribution in [0.5, 0.6) is 0 Å². The van der Waals surface area contributed by atoms with Crippen molar-refractivity contribution in [2.45, 2.75) is 13.2 Å². The van der Waals surface area contributed by atoms with Crippen LogP contribution in [0.1, 0.15) is 6.92 Å². The minimum Gasteiger partial charge on any atom is -0.465 e. The van der Waals surface area contributed by atoms with E-state index in [-0.39, 0.29) is 6.23 Å². The van der Waals surface area contributed by atoms with Gasteiger partial charge >= 0.3 is 0 Å². The van der Waals surface area contributed by atoms with Gasteiger partial charge in [0, 0.05) is 12.5 Å². The van der Waals surface area contributed by atoms with Crippen molar-refractivity contribution in [2.24, 2.45) is 10.9 Å². The molecule has 2 aliphatic heterocycles. The van der Waals surface area contributed by atoms with E-state index in [9.17, 15) is 0 Å². The lowest BCUT2D eigenvalue weighted by Gasteiger charge is -2.28. The van der Waals surface area contributed by atoms with Crippen LogP contribution in [0.2, 0.25) is 0 Å². The Hall–Kier alpha value is -0.770. The van der Waals surface area contributed by atoms with E-state index in [2.05, 4.69) is 21.6 Å². The lowest BCUT2D eigenvalue weighted by Crippen LogP contribution is -2.41. The largest absolute Gasteiger partial charge is 0.465 e. The predicted octanol–water partition coefficient (Wildman–Crippen LogP) is -0.192. The Kier molecular flexibility index (Phi) is 1.92. The number of hydrogen-bond acceptors (Lipinski definition) is 3. The minimum atomic E-state index is 0.102. The summed E-state index contributed by atoms with van der Waals surface area (Å²) in [5.41, 5.74) is 0. The smallest absolute Gasteiger partial charge is 0.294 e. The Morgan fingerprint density at radius 3 is 3.17 bits per heavy atom. The first-order valence-corrected chi connectivity index (χ1v) is 4.34. The number of aliphatic hydroxyl groups is 2. The van der Waals surface area contributed by atoms with E-state index in [0.717, 1.165) is 25.7 Å². The fraction of sp³-hybridized carbons (Fsp3) is 0.875. The van der Waals surface area contributed by atoms with Gasteiger partial charge in [0.05, 0.1) is 6.61 Å². The Labute approximate surface area is 72.2 Å². The zero-order valence-electron chi connectivity index (χ0n) is 7.53. The summed E-state index contributed by atoms with van der Waals surface area (Å²) in [4.78, 5) is 6.49. The molecule has 12 heavy (non-hydrogen) atoms. The van der Waals surface area contributed by atoms with Gasteiger partial charge in [-0.2, -0.15) is 4.99 Å². The molecule has 0 radical (unpaired) electrons. The number of ether oxygens (including phenoxy) is 2. The van der Waals surface area contributed by atoms with E-state index in [1.807, 2.05) is 0 Å². The molecule has 2 heterocycles. The Balaban J connectivity index is 2.03. The van der Waals surface area contributed by atoms with Gasteiger partial charge < -0.3 is 14.4 Å². The van der Waals surface area contributed by atoms with Crippen LogP contribution in [0, 0.1) is 5.92 Å². The quantitative estimate of drug-likeness (QED) is 0.513. The highest BCUT2D eigenvalue weighted by Crippen LogP contribution is 2.17.